The lowest BCUT2D eigenvalue weighted by Crippen LogP contribution is -1.98. The number of nitrogens with zero attached hydrogens (tertiary/aromatic N) is 5. The van der Waals surface area contributed by atoms with Crippen molar-refractivity contribution < 1.29 is 4.42 Å². The summed E-state index contributed by atoms with van der Waals surface area (Å²) >= 11 is 3.12. The molecule has 5 rings (SSSR count). The van der Waals surface area contributed by atoms with E-state index in [0.717, 1.165) is 39.2 Å². The van der Waals surface area contributed by atoms with E-state index in [0.29, 0.717) is 16.8 Å². The van der Waals surface area contributed by atoms with Gasteiger partial charge in [-0.15, -0.1) is 21.5 Å². The second kappa shape index (κ2) is 6.79. The summed E-state index contributed by atoms with van der Waals surface area (Å²) in [5.74, 6) is 1.29. The summed E-state index contributed by atoms with van der Waals surface area (Å²) in [4.78, 5) is 10.3. The summed E-state index contributed by atoms with van der Waals surface area (Å²) in [5, 5.41) is 12.5. The van der Waals surface area contributed by atoms with Gasteiger partial charge in [-0.05, 0) is 24.4 Å². The van der Waals surface area contributed by atoms with Crippen molar-refractivity contribution in [2.75, 3.05) is 0 Å². The van der Waals surface area contributed by atoms with E-state index < -0.39 is 0 Å². The van der Waals surface area contributed by atoms with Crippen molar-refractivity contribution in [3.05, 3.63) is 53.7 Å². The fraction of sp³-hybridized carbons (Fsp3) is 0.158. The van der Waals surface area contributed by atoms with E-state index in [9.17, 15) is 0 Å². The van der Waals surface area contributed by atoms with E-state index in [1.165, 1.54) is 11.8 Å². The van der Waals surface area contributed by atoms with Gasteiger partial charge in [-0.2, -0.15) is 0 Å². The monoisotopic (exact) mass is 393 g/mol. The maximum atomic E-state index is 5.57. The summed E-state index contributed by atoms with van der Waals surface area (Å²) in [6.45, 7) is 2.95. The van der Waals surface area contributed by atoms with E-state index in [2.05, 4.69) is 38.8 Å². The summed E-state index contributed by atoms with van der Waals surface area (Å²) < 4.78 is 7.74. The zero-order chi connectivity index (χ0) is 18.2. The topological polar surface area (TPSA) is 69.6 Å². The molecule has 0 saturated heterocycles. The average Bonchev–Trinajstić information content (AvgIpc) is 3.44. The van der Waals surface area contributed by atoms with Gasteiger partial charge in [-0.3, -0.25) is 0 Å². The molecule has 5 aromatic rings. The Labute approximate surface area is 163 Å². The molecular weight excluding hydrogens is 378 g/mol. The van der Waals surface area contributed by atoms with Crippen LogP contribution < -0.4 is 0 Å². The van der Waals surface area contributed by atoms with Crippen molar-refractivity contribution in [2.45, 2.75) is 24.4 Å². The number of aromatic nitrogens is 5. The summed E-state index contributed by atoms with van der Waals surface area (Å²) in [5.41, 5.74) is 3.72. The Morgan fingerprint density at radius 2 is 2.04 bits per heavy atom. The van der Waals surface area contributed by atoms with Crippen LogP contribution in [0.15, 0.2) is 57.6 Å². The van der Waals surface area contributed by atoms with Crippen molar-refractivity contribution >= 4 is 45.2 Å². The Hall–Kier alpha value is -2.71. The van der Waals surface area contributed by atoms with Crippen molar-refractivity contribution in [3.63, 3.8) is 0 Å². The highest BCUT2D eigenvalue weighted by Gasteiger charge is 2.14. The number of oxazole rings is 1. The molecule has 0 spiro atoms. The molecule has 0 amide bonds. The zero-order valence-corrected chi connectivity index (χ0v) is 16.1. The van der Waals surface area contributed by atoms with Gasteiger partial charge in [0.2, 0.25) is 11.0 Å². The smallest absolute Gasteiger partial charge is 0.236 e. The molecule has 1 aromatic carbocycles. The third-order valence-corrected chi connectivity index (χ3v) is 6.03. The predicted octanol–water partition coefficient (Wildman–Crippen LogP) is 5.01. The number of para-hydroxylation sites is 1. The molecule has 0 saturated carbocycles. The van der Waals surface area contributed by atoms with E-state index in [4.69, 9.17) is 9.40 Å². The quantitative estimate of drug-likeness (QED) is 0.391. The molecule has 27 heavy (non-hydrogen) atoms. The maximum Gasteiger partial charge on any atom is 0.236 e. The molecule has 0 aliphatic rings. The molecule has 0 atom stereocenters. The van der Waals surface area contributed by atoms with Crippen LogP contribution in [0, 0.1) is 0 Å². The van der Waals surface area contributed by atoms with Gasteiger partial charge in [-0.1, -0.05) is 36.0 Å². The lowest BCUT2D eigenvalue weighted by Gasteiger charge is -2.02. The molecule has 0 aliphatic carbocycles. The number of hydrogen-bond donors (Lipinski definition) is 0. The van der Waals surface area contributed by atoms with Crippen molar-refractivity contribution in [1.82, 2.24) is 24.7 Å². The molecule has 6 nitrogen and oxygen atoms in total. The molecule has 0 bridgehead atoms. The minimum Gasteiger partial charge on any atom is -0.444 e. The van der Waals surface area contributed by atoms with Gasteiger partial charge < -0.3 is 8.98 Å². The van der Waals surface area contributed by atoms with Crippen LogP contribution in [-0.2, 0) is 12.3 Å². The van der Waals surface area contributed by atoms with Gasteiger partial charge in [-0.25, -0.2) is 9.97 Å². The number of thioether (sulfide) groups is 1. The first-order valence-electron chi connectivity index (χ1n) is 8.56. The second-order valence-corrected chi connectivity index (χ2v) is 7.83. The number of aryl methyl sites for hydroxylation is 1. The molecule has 0 N–H and O–H groups in total. The lowest BCUT2D eigenvalue weighted by molar-refractivity contribution is 0.575. The Morgan fingerprint density at radius 1 is 1.11 bits per heavy atom. The molecular formula is C19H15N5OS2. The molecule has 4 heterocycles. The van der Waals surface area contributed by atoms with Crippen LogP contribution in [0.4, 0.5) is 0 Å². The minimum atomic E-state index is 0.633. The van der Waals surface area contributed by atoms with Crippen molar-refractivity contribution in [3.8, 4) is 10.8 Å². The fourth-order valence-electron chi connectivity index (χ4n) is 3.10. The van der Waals surface area contributed by atoms with Gasteiger partial charge >= 0.3 is 0 Å². The average molecular weight is 393 g/mol. The molecule has 0 unspecified atom stereocenters. The highest BCUT2D eigenvalue weighted by Crippen LogP contribution is 2.29. The Kier molecular flexibility index (Phi) is 4.14. The van der Waals surface area contributed by atoms with Crippen LogP contribution in [0.25, 0.3) is 32.8 Å². The normalized spacial score (nSPS) is 11.6. The van der Waals surface area contributed by atoms with Crippen LogP contribution in [-0.4, -0.2) is 24.7 Å². The van der Waals surface area contributed by atoms with Gasteiger partial charge in [0.05, 0.1) is 16.1 Å². The Balaban J connectivity index is 1.43. The molecule has 0 radical (unpaired) electrons. The molecule has 0 fully saturated rings. The summed E-state index contributed by atoms with van der Waals surface area (Å²) in [6.07, 6.45) is 1.69. The van der Waals surface area contributed by atoms with Gasteiger partial charge in [0.15, 0.2) is 5.65 Å². The third-order valence-electron chi connectivity index (χ3n) is 4.30. The lowest BCUT2D eigenvalue weighted by atomic mass is 10.2. The maximum absolute atomic E-state index is 5.57. The van der Waals surface area contributed by atoms with Gasteiger partial charge in [0.1, 0.15) is 11.8 Å². The fourth-order valence-corrected chi connectivity index (χ4v) is 4.41. The van der Waals surface area contributed by atoms with Gasteiger partial charge in [0.25, 0.3) is 0 Å². The minimum absolute atomic E-state index is 0.633. The number of fused-ring (bicyclic) bond motifs is 3. The molecule has 134 valence electrons. The van der Waals surface area contributed by atoms with E-state index in [-0.39, 0.29) is 0 Å². The van der Waals surface area contributed by atoms with E-state index in [1.54, 1.807) is 17.6 Å². The first-order valence-corrected chi connectivity index (χ1v) is 10.4. The van der Waals surface area contributed by atoms with Crippen LogP contribution in [0.2, 0.25) is 0 Å². The molecule has 0 aliphatic heterocycles. The summed E-state index contributed by atoms with van der Waals surface area (Å²) in [6, 6.07) is 12.2. The van der Waals surface area contributed by atoms with Crippen LogP contribution >= 0.6 is 23.1 Å². The Bertz CT molecular complexity index is 1230. The molecule has 8 heteroatoms. The Morgan fingerprint density at radius 3 is 2.89 bits per heavy atom. The number of rotatable bonds is 5. The standard InChI is InChI=1S/C19H15N5OS2/c1-2-24-14-7-4-3-6-13(14)16-17(24)21-19(23-22-16)27-11-12-10-25-18(20-12)15-8-5-9-26-15/h3-10H,2,11H2,1H3. The zero-order valence-electron chi connectivity index (χ0n) is 14.5. The van der Waals surface area contributed by atoms with Crippen LogP contribution in [0.5, 0.6) is 0 Å². The van der Waals surface area contributed by atoms with Crippen LogP contribution in [0.1, 0.15) is 12.6 Å². The largest absolute Gasteiger partial charge is 0.444 e. The summed E-state index contributed by atoms with van der Waals surface area (Å²) in [7, 11) is 0. The van der Waals surface area contributed by atoms with Gasteiger partial charge in [0, 0.05) is 17.7 Å². The number of thiophene rings is 1. The first kappa shape index (κ1) is 16.5. The number of hydrogen-bond acceptors (Lipinski definition) is 7. The highest BCUT2D eigenvalue weighted by molar-refractivity contribution is 7.98. The van der Waals surface area contributed by atoms with Crippen molar-refractivity contribution in [1.29, 1.82) is 0 Å². The second-order valence-electron chi connectivity index (χ2n) is 5.94. The number of benzene rings is 1. The predicted molar refractivity (Wildman–Crippen MR) is 108 cm³/mol. The van der Waals surface area contributed by atoms with E-state index in [1.807, 2.05) is 29.6 Å². The van der Waals surface area contributed by atoms with E-state index >= 15 is 0 Å². The first-order chi connectivity index (χ1) is 13.3. The SMILES string of the molecule is CCn1c2ccccc2c2nnc(SCc3coc(-c4cccs4)n3)nc21. The van der Waals surface area contributed by atoms with Crippen LogP contribution in [0.3, 0.4) is 0 Å². The third kappa shape index (κ3) is 2.90. The molecule has 4 aromatic heterocycles. The highest BCUT2D eigenvalue weighted by atomic mass is 32.2. The van der Waals surface area contributed by atoms with Crippen molar-refractivity contribution in [2.24, 2.45) is 0 Å².